The summed E-state index contributed by atoms with van der Waals surface area (Å²) in [5.74, 6) is 0. The van der Waals surface area contributed by atoms with Crippen molar-refractivity contribution in [1.29, 1.82) is 0 Å². The van der Waals surface area contributed by atoms with Crippen LogP contribution in [0.15, 0.2) is 12.1 Å². The summed E-state index contributed by atoms with van der Waals surface area (Å²) in [6.45, 7) is 6.24. The summed E-state index contributed by atoms with van der Waals surface area (Å²) in [7, 11) is 12.0. The molecule has 0 N–H and O–H groups in total. The van der Waals surface area contributed by atoms with E-state index in [9.17, 15) is 0 Å². The molecule has 0 aliphatic heterocycles. The number of halogens is 2. The van der Waals surface area contributed by atoms with Gasteiger partial charge in [-0.05, 0) is 0 Å². The van der Waals surface area contributed by atoms with Crippen LogP contribution in [-0.2, 0) is 15.2 Å². The van der Waals surface area contributed by atoms with Crippen molar-refractivity contribution in [3.63, 3.8) is 0 Å². The van der Waals surface area contributed by atoms with Crippen LogP contribution in [-0.4, -0.2) is 0 Å². The molecule has 0 aromatic heterocycles. The zero-order valence-corrected chi connectivity index (χ0v) is 11.0. The van der Waals surface area contributed by atoms with Gasteiger partial charge in [0.05, 0.1) is 0 Å². The van der Waals surface area contributed by atoms with E-state index in [1.807, 2.05) is 0 Å². The third-order valence-electron chi connectivity index (χ3n) is 1.65. The molecule has 1 aromatic carbocycles. The fraction of sp³-hybridized carbons (Fsp3) is 0.333. The summed E-state index contributed by atoms with van der Waals surface area (Å²) >= 11 is -1.85. The molecule has 0 saturated heterocycles. The van der Waals surface area contributed by atoms with Gasteiger partial charge in [0.15, 0.2) is 0 Å². The molecule has 0 bridgehead atoms. The Morgan fingerprint density at radius 2 is 1.42 bits per heavy atom. The van der Waals surface area contributed by atoms with Gasteiger partial charge in [-0.3, -0.25) is 0 Å². The summed E-state index contributed by atoms with van der Waals surface area (Å²) in [6.07, 6.45) is 0. The van der Waals surface area contributed by atoms with Crippen molar-refractivity contribution in [2.75, 3.05) is 0 Å². The molecule has 0 heterocycles. The van der Waals surface area contributed by atoms with Gasteiger partial charge in [-0.1, -0.05) is 0 Å². The maximum atomic E-state index is 5.99. The second-order valence-electron chi connectivity index (χ2n) is 2.85. The third-order valence-corrected chi connectivity index (χ3v) is 6.26. The molecule has 71 valence electrons. The fourth-order valence-corrected chi connectivity index (χ4v) is 6.11. The molecular weight excluding hydrogens is 374 g/mol. The standard InChI is InChI=1S/C9H11.2ClH.Pt/c1-7-4-8(2)6-9(3)5-7;;;/h4-5H,1-3H3;2*1H;/q;;;+2/p-2. The Bertz CT molecular complexity index is 272. The normalized spacial score (nSPS) is 11.6. The Hall–Kier alpha value is 0.488. The van der Waals surface area contributed by atoms with Crippen molar-refractivity contribution in [1.82, 2.24) is 0 Å². The Morgan fingerprint density at radius 3 is 1.75 bits per heavy atom. The van der Waals surface area contributed by atoms with Gasteiger partial charge in [0.2, 0.25) is 0 Å². The monoisotopic (exact) mass is 384 g/mol. The first kappa shape index (κ1) is 10.6. The van der Waals surface area contributed by atoms with Crippen molar-refractivity contribution >= 4 is 22.8 Å². The van der Waals surface area contributed by atoms with E-state index in [0.717, 1.165) is 0 Å². The van der Waals surface area contributed by atoms with Crippen LogP contribution in [0.1, 0.15) is 16.7 Å². The van der Waals surface area contributed by atoms with Crippen molar-refractivity contribution in [2.24, 2.45) is 0 Å². The van der Waals surface area contributed by atoms with Crippen molar-refractivity contribution in [2.45, 2.75) is 20.8 Å². The summed E-state index contributed by atoms with van der Waals surface area (Å²) in [6, 6.07) is 4.27. The molecule has 12 heavy (non-hydrogen) atoms. The van der Waals surface area contributed by atoms with Crippen LogP contribution in [0.25, 0.3) is 0 Å². The molecule has 0 amide bonds. The molecule has 0 aliphatic carbocycles. The molecule has 1 aromatic rings. The first-order valence-corrected chi connectivity index (χ1v) is 10.3. The molecule has 0 nitrogen and oxygen atoms in total. The van der Waals surface area contributed by atoms with Crippen LogP contribution < -0.4 is 3.95 Å². The molecule has 0 radical (unpaired) electrons. The number of hydrogen-bond acceptors (Lipinski definition) is 0. The number of aryl methyl sites for hydroxylation is 3. The predicted octanol–water partition coefficient (Wildman–Crippen LogP) is 3.16. The first-order chi connectivity index (χ1) is 5.52. The van der Waals surface area contributed by atoms with Gasteiger partial charge in [0, 0.05) is 0 Å². The van der Waals surface area contributed by atoms with E-state index >= 15 is 0 Å². The molecule has 0 atom stereocenters. The van der Waals surface area contributed by atoms with Gasteiger partial charge in [0.25, 0.3) is 0 Å². The summed E-state index contributed by atoms with van der Waals surface area (Å²) in [4.78, 5) is 0. The van der Waals surface area contributed by atoms with Gasteiger partial charge >= 0.3 is 87.6 Å². The quantitative estimate of drug-likeness (QED) is 0.697. The van der Waals surface area contributed by atoms with Crippen molar-refractivity contribution in [3.8, 4) is 0 Å². The van der Waals surface area contributed by atoms with E-state index in [1.165, 1.54) is 20.6 Å². The Kier molecular flexibility index (Phi) is 3.64. The first-order valence-electron chi connectivity index (χ1n) is 3.55. The minimum atomic E-state index is -1.85. The molecule has 1 rings (SSSR count). The van der Waals surface area contributed by atoms with Crippen LogP contribution in [0, 0.1) is 20.8 Å². The molecule has 3 heteroatoms. The van der Waals surface area contributed by atoms with Crippen molar-refractivity contribution in [3.05, 3.63) is 28.8 Å². The Morgan fingerprint density at radius 1 is 1.00 bits per heavy atom. The van der Waals surface area contributed by atoms with Crippen LogP contribution >= 0.6 is 18.8 Å². The van der Waals surface area contributed by atoms with E-state index in [2.05, 4.69) is 32.9 Å². The van der Waals surface area contributed by atoms with Crippen molar-refractivity contribution < 1.29 is 15.2 Å². The maximum absolute atomic E-state index is 5.99. The zero-order valence-electron chi connectivity index (χ0n) is 7.23. The van der Waals surface area contributed by atoms with Gasteiger partial charge < -0.3 is 0 Å². The van der Waals surface area contributed by atoms with Gasteiger partial charge in [-0.15, -0.1) is 0 Å². The topological polar surface area (TPSA) is 0 Å². The zero-order chi connectivity index (χ0) is 9.30. The molecule has 0 unspecified atom stereocenters. The summed E-state index contributed by atoms with van der Waals surface area (Å²) < 4.78 is 1.20. The molecule has 0 spiro atoms. The summed E-state index contributed by atoms with van der Waals surface area (Å²) in [5.41, 5.74) is 3.76. The number of rotatable bonds is 1. The second-order valence-corrected chi connectivity index (χ2v) is 10.1. The summed E-state index contributed by atoms with van der Waals surface area (Å²) in [5, 5.41) is 0. The minimum absolute atomic E-state index is 1.20. The second kappa shape index (κ2) is 4.13. The predicted molar refractivity (Wildman–Crippen MR) is 52.0 cm³/mol. The Balaban J connectivity index is 3.28. The SMILES string of the molecule is Cc1cc(C)[c]([Pt]([Cl])[Cl])c(C)c1. The molecule has 0 saturated carbocycles. The average molecular weight is 385 g/mol. The van der Waals surface area contributed by atoms with Gasteiger partial charge in [0.1, 0.15) is 0 Å². The van der Waals surface area contributed by atoms with E-state index in [0.29, 0.717) is 0 Å². The fourth-order valence-electron chi connectivity index (χ4n) is 1.34. The van der Waals surface area contributed by atoms with Crippen LogP contribution in [0.3, 0.4) is 0 Å². The Labute approximate surface area is 87.3 Å². The molecule has 0 aliphatic rings. The molecule has 0 fully saturated rings. The van der Waals surface area contributed by atoms with E-state index in [4.69, 9.17) is 18.8 Å². The van der Waals surface area contributed by atoms with E-state index < -0.39 is 15.2 Å². The van der Waals surface area contributed by atoms with Gasteiger partial charge in [-0.25, -0.2) is 0 Å². The van der Waals surface area contributed by atoms with E-state index in [1.54, 1.807) is 0 Å². The van der Waals surface area contributed by atoms with Crippen LogP contribution in [0.5, 0.6) is 0 Å². The number of benzene rings is 1. The average Bonchev–Trinajstić information content (AvgIpc) is 1.82. The van der Waals surface area contributed by atoms with Crippen LogP contribution in [0.4, 0.5) is 0 Å². The van der Waals surface area contributed by atoms with Crippen LogP contribution in [0.2, 0.25) is 0 Å². The van der Waals surface area contributed by atoms with Gasteiger partial charge in [-0.2, -0.15) is 0 Å². The number of hydrogen-bond donors (Lipinski definition) is 0. The molecular formula is C9H11Cl2Pt. The third kappa shape index (κ3) is 2.25. The van der Waals surface area contributed by atoms with E-state index in [-0.39, 0.29) is 0 Å².